The Kier molecular flexibility index (Phi) is 9.62. The third kappa shape index (κ3) is 6.22. The number of rotatable bonds is 12. The molecule has 0 aliphatic heterocycles. The van der Waals surface area contributed by atoms with Crippen molar-refractivity contribution in [2.45, 2.75) is 78.1 Å². The van der Waals surface area contributed by atoms with Gasteiger partial charge in [0.05, 0.1) is 0 Å². The largest absolute Gasteiger partial charge is 0.0985 e. The summed E-state index contributed by atoms with van der Waals surface area (Å²) in [7, 11) is 0. The van der Waals surface area contributed by atoms with Crippen molar-refractivity contribution < 1.29 is 0 Å². The van der Waals surface area contributed by atoms with E-state index in [1.165, 1.54) is 73.6 Å². The topological polar surface area (TPSA) is 0 Å². The number of hydrogen-bond donors (Lipinski definition) is 0. The van der Waals surface area contributed by atoms with Crippen molar-refractivity contribution in [1.82, 2.24) is 0 Å². The summed E-state index contributed by atoms with van der Waals surface area (Å²) in [4.78, 5) is 0. The molecule has 0 aromatic heterocycles. The molecule has 0 atom stereocenters. The highest BCUT2D eigenvalue weighted by Gasteiger charge is 2.07. The molecule has 0 heterocycles. The second kappa shape index (κ2) is 11.3. The van der Waals surface area contributed by atoms with E-state index in [9.17, 15) is 0 Å². The van der Waals surface area contributed by atoms with E-state index in [0.29, 0.717) is 0 Å². The minimum Gasteiger partial charge on any atom is -0.0985 e. The Morgan fingerprint density at radius 3 is 1.41 bits per heavy atom. The quantitative estimate of drug-likeness (QED) is 0.357. The maximum absolute atomic E-state index is 4.02. The maximum Gasteiger partial charge on any atom is -0.0227 e. The van der Waals surface area contributed by atoms with Crippen LogP contribution in [0.4, 0.5) is 0 Å². The van der Waals surface area contributed by atoms with Crippen LogP contribution in [-0.4, -0.2) is 0 Å². The molecular formula is C22H34. The average molecular weight is 299 g/mol. The van der Waals surface area contributed by atoms with Gasteiger partial charge in [-0.3, -0.25) is 0 Å². The van der Waals surface area contributed by atoms with Gasteiger partial charge in [-0.1, -0.05) is 89.8 Å². The molecule has 0 spiro atoms. The monoisotopic (exact) mass is 298 g/mol. The molecule has 0 radical (unpaired) electrons. The van der Waals surface area contributed by atoms with Crippen LogP contribution in [0.2, 0.25) is 0 Å². The van der Waals surface area contributed by atoms with E-state index < -0.39 is 0 Å². The van der Waals surface area contributed by atoms with Crippen LogP contribution in [0, 0.1) is 0 Å². The van der Waals surface area contributed by atoms with Crippen LogP contribution in [0.5, 0.6) is 0 Å². The molecule has 0 amide bonds. The van der Waals surface area contributed by atoms with Crippen molar-refractivity contribution in [2.24, 2.45) is 0 Å². The van der Waals surface area contributed by atoms with Gasteiger partial charge in [-0.2, -0.15) is 0 Å². The van der Waals surface area contributed by atoms with Crippen LogP contribution in [0.3, 0.4) is 0 Å². The Morgan fingerprint density at radius 2 is 1.09 bits per heavy atom. The van der Waals surface area contributed by atoms with Crippen molar-refractivity contribution in [3.05, 3.63) is 47.5 Å². The molecule has 0 N–H and O–H groups in total. The second-order valence-corrected chi connectivity index (χ2v) is 6.28. The molecule has 0 aliphatic rings. The Hall–Kier alpha value is -1.30. The minimum absolute atomic E-state index is 1.16. The first-order chi connectivity index (χ1) is 10.8. The summed E-state index contributed by atoms with van der Waals surface area (Å²) in [5, 5.41) is 0. The molecule has 0 saturated carbocycles. The SMILES string of the molecule is C=Cc1cc(CCCCCC)c(C=C)cc1CCCCCC. The smallest absolute Gasteiger partial charge is 0.0227 e. The zero-order valence-corrected chi connectivity index (χ0v) is 14.8. The van der Waals surface area contributed by atoms with E-state index in [4.69, 9.17) is 0 Å². The third-order valence-corrected chi connectivity index (χ3v) is 4.44. The van der Waals surface area contributed by atoms with Crippen LogP contribution >= 0.6 is 0 Å². The fourth-order valence-corrected chi connectivity index (χ4v) is 3.02. The fraction of sp³-hybridized carbons (Fsp3) is 0.545. The Labute approximate surface area is 138 Å². The van der Waals surface area contributed by atoms with E-state index in [1.54, 1.807) is 0 Å². The lowest BCUT2D eigenvalue weighted by Gasteiger charge is -2.13. The fourth-order valence-electron chi connectivity index (χ4n) is 3.02. The molecule has 0 nitrogen and oxygen atoms in total. The Bertz CT molecular complexity index is 410. The first-order valence-electron chi connectivity index (χ1n) is 9.17. The molecule has 0 heteroatoms. The Balaban J connectivity index is 2.78. The zero-order valence-electron chi connectivity index (χ0n) is 14.8. The molecule has 122 valence electrons. The summed E-state index contributed by atoms with van der Waals surface area (Å²) in [5.74, 6) is 0. The summed E-state index contributed by atoms with van der Waals surface area (Å²) in [5.41, 5.74) is 5.54. The van der Waals surface area contributed by atoms with Gasteiger partial charge in [0.25, 0.3) is 0 Å². The van der Waals surface area contributed by atoms with E-state index in [1.807, 2.05) is 12.2 Å². The molecule has 0 aliphatic carbocycles. The van der Waals surface area contributed by atoms with Crippen molar-refractivity contribution in [1.29, 1.82) is 0 Å². The summed E-state index contributed by atoms with van der Waals surface area (Å²) in [6.07, 6.45) is 16.9. The molecule has 1 rings (SSSR count). The van der Waals surface area contributed by atoms with Gasteiger partial charge < -0.3 is 0 Å². The Morgan fingerprint density at radius 1 is 0.682 bits per heavy atom. The summed E-state index contributed by atoms with van der Waals surface area (Å²) >= 11 is 0. The first-order valence-corrected chi connectivity index (χ1v) is 9.17. The van der Waals surface area contributed by atoms with Gasteiger partial charge in [-0.25, -0.2) is 0 Å². The van der Waals surface area contributed by atoms with Gasteiger partial charge in [-0.15, -0.1) is 0 Å². The molecule has 0 saturated heterocycles. The highest BCUT2D eigenvalue weighted by Crippen LogP contribution is 2.23. The number of unbranched alkanes of at least 4 members (excludes halogenated alkanes) is 6. The molecule has 0 fully saturated rings. The van der Waals surface area contributed by atoms with Crippen LogP contribution in [0.15, 0.2) is 25.3 Å². The zero-order chi connectivity index (χ0) is 16.2. The molecule has 0 unspecified atom stereocenters. The molecule has 1 aromatic rings. The van der Waals surface area contributed by atoms with Gasteiger partial charge in [-0.05, 0) is 47.9 Å². The summed E-state index contributed by atoms with van der Waals surface area (Å²) in [6, 6.07) is 4.70. The van der Waals surface area contributed by atoms with E-state index in [2.05, 4.69) is 39.1 Å². The number of hydrogen-bond acceptors (Lipinski definition) is 0. The predicted molar refractivity (Wildman–Crippen MR) is 102 cm³/mol. The van der Waals surface area contributed by atoms with E-state index in [-0.39, 0.29) is 0 Å². The van der Waals surface area contributed by atoms with Gasteiger partial charge in [0.1, 0.15) is 0 Å². The van der Waals surface area contributed by atoms with Crippen LogP contribution in [-0.2, 0) is 12.8 Å². The van der Waals surface area contributed by atoms with Crippen LogP contribution < -0.4 is 0 Å². The minimum atomic E-state index is 1.16. The highest BCUT2D eigenvalue weighted by atomic mass is 14.1. The van der Waals surface area contributed by atoms with Gasteiger partial charge in [0, 0.05) is 0 Å². The van der Waals surface area contributed by atoms with Crippen molar-refractivity contribution in [2.75, 3.05) is 0 Å². The number of aryl methyl sites for hydroxylation is 2. The van der Waals surface area contributed by atoms with Gasteiger partial charge in [0.15, 0.2) is 0 Å². The molecule has 1 aromatic carbocycles. The molecular weight excluding hydrogens is 264 g/mol. The molecule has 0 bridgehead atoms. The average Bonchev–Trinajstić information content (AvgIpc) is 2.55. The van der Waals surface area contributed by atoms with Crippen LogP contribution in [0.1, 0.15) is 87.5 Å². The lowest BCUT2D eigenvalue weighted by Crippen LogP contribution is -1.97. The van der Waals surface area contributed by atoms with E-state index in [0.717, 1.165) is 12.8 Å². The van der Waals surface area contributed by atoms with Gasteiger partial charge >= 0.3 is 0 Å². The lowest BCUT2D eigenvalue weighted by molar-refractivity contribution is 0.663. The van der Waals surface area contributed by atoms with Gasteiger partial charge in [0.2, 0.25) is 0 Å². The third-order valence-electron chi connectivity index (χ3n) is 4.44. The first kappa shape index (κ1) is 18.7. The summed E-state index contributed by atoms with van der Waals surface area (Å²) in [6.45, 7) is 12.6. The van der Waals surface area contributed by atoms with Crippen molar-refractivity contribution >= 4 is 12.2 Å². The second-order valence-electron chi connectivity index (χ2n) is 6.28. The van der Waals surface area contributed by atoms with Crippen molar-refractivity contribution in [3.63, 3.8) is 0 Å². The maximum atomic E-state index is 4.02. The van der Waals surface area contributed by atoms with Crippen molar-refractivity contribution in [3.8, 4) is 0 Å². The van der Waals surface area contributed by atoms with E-state index >= 15 is 0 Å². The highest BCUT2D eigenvalue weighted by molar-refractivity contribution is 5.61. The standard InChI is InChI=1S/C22H34/c1-5-9-11-13-15-21-17-20(8-4)22(18-19(21)7-3)16-14-12-10-6-2/h7-8,17-18H,3-6,9-16H2,1-2H3. The predicted octanol–water partition coefficient (Wildman–Crippen LogP) is 7.22. The molecule has 22 heavy (non-hydrogen) atoms. The summed E-state index contributed by atoms with van der Waals surface area (Å²) < 4.78 is 0. The normalized spacial score (nSPS) is 10.6. The van der Waals surface area contributed by atoms with Crippen LogP contribution in [0.25, 0.3) is 12.2 Å². The lowest BCUT2D eigenvalue weighted by atomic mass is 9.92. The number of benzene rings is 1.